The Morgan fingerprint density at radius 1 is 0.951 bits per heavy atom. The molecule has 6 rings (SSSR count). The van der Waals surface area contributed by atoms with E-state index in [0.717, 1.165) is 10.0 Å². The zero-order valence-electron chi connectivity index (χ0n) is 22.1. The van der Waals surface area contributed by atoms with Crippen LogP contribution >= 0.6 is 15.9 Å². The average molecular weight is 611 g/mol. The highest BCUT2D eigenvalue weighted by Crippen LogP contribution is 2.50. The molecule has 2 aliphatic rings. The Kier molecular flexibility index (Phi) is 7.43. The third-order valence-corrected chi connectivity index (χ3v) is 8.09. The molecule has 4 aromatic carbocycles. The van der Waals surface area contributed by atoms with Gasteiger partial charge in [-0.15, -0.1) is 0 Å². The molecule has 0 aromatic heterocycles. The number of aliphatic hydroxyl groups is 1. The standard InChI is InChI=1S/C33H27BrN2O5/c34-27-13-6-4-11-24(27)21-33-29(41-30(35-33)22-15-17-25(18-16-22)40-20-8-19-37)26-12-5-7-14-28(26)36(32(33)39)31(38)23-9-2-1-3-10-23/h1-7,9-18,29,37H,8,19-21H2/t29-,33-/m0/s1. The second-order valence-electron chi connectivity index (χ2n) is 9.93. The number of aliphatic hydroxyl groups excluding tert-OH is 1. The minimum absolute atomic E-state index is 0.0586. The maximum absolute atomic E-state index is 14.7. The van der Waals surface area contributed by atoms with E-state index in [0.29, 0.717) is 47.1 Å². The molecule has 0 bridgehead atoms. The van der Waals surface area contributed by atoms with Gasteiger partial charge in [-0.2, -0.15) is 0 Å². The summed E-state index contributed by atoms with van der Waals surface area (Å²) in [6, 6.07) is 31.1. The van der Waals surface area contributed by atoms with Gasteiger partial charge in [0.1, 0.15) is 5.75 Å². The monoisotopic (exact) mass is 610 g/mol. The molecule has 0 saturated carbocycles. The van der Waals surface area contributed by atoms with Gasteiger partial charge in [-0.3, -0.25) is 9.59 Å². The van der Waals surface area contributed by atoms with Gasteiger partial charge in [-0.05, 0) is 54.1 Å². The topological polar surface area (TPSA) is 88.4 Å². The molecule has 0 unspecified atom stereocenters. The highest BCUT2D eigenvalue weighted by Gasteiger charge is 2.60. The summed E-state index contributed by atoms with van der Waals surface area (Å²) in [7, 11) is 0. The molecule has 0 aliphatic carbocycles. The fraction of sp³-hybridized carbons (Fsp3) is 0.182. The van der Waals surface area contributed by atoms with E-state index in [4.69, 9.17) is 19.6 Å². The van der Waals surface area contributed by atoms with E-state index in [1.165, 1.54) is 4.90 Å². The van der Waals surface area contributed by atoms with E-state index < -0.39 is 23.5 Å². The molecule has 206 valence electrons. The van der Waals surface area contributed by atoms with Crippen molar-refractivity contribution >= 4 is 39.3 Å². The van der Waals surface area contributed by atoms with Crippen molar-refractivity contribution in [1.82, 2.24) is 0 Å². The Labute approximate surface area is 246 Å². The molecule has 41 heavy (non-hydrogen) atoms. The van der Waals surface area contributed by atoms with Crippen LogP contribution in [-0.2, 0) is 16.0 Å². The lowest BCUT2D eigenvalue weighted by Gasteiger charge is -2.40. The fourth-order valence-electron chi connectivity index (χ4n) is 5.30. The Hall–Kier alpha value is -4.27. The van der Waals surface area contributed by atoms with Crippen LogP contribution in [0.3, 0.4) is 0 Å². The van der Waals surface area contributed by atoms with E-state index >= 15 is 0 Å². The lowest BCUT2D eigenvalue weighted by atomic mass is 9.78. The van der Waals surface area contributed by atoms with Crippen molar-refractivity contribution in [3.63, 3.8) is 0 Å². The van der Waals surface area contributed by atoms with Crippen LogP contribution in [0, 0.1) is 0 Å². The maximum Gasteiger partial charge on any atom is 0.266 e. The zero-order chi connectivity index (χ0) is 28.4. The number of carbonyl (C=O) groups excluding carboxylic acids is 2. The summed E-state index contributed by atoms with van der Waals surface area (Å²) in [6.07, 6.45) is 0.0151. The van der Waals surface area contributed by atoms with Gasteiger partial charge < -0.3 is 14.6 Å². The molecule has 4 aromatic rings. The van der Waals surface area contributed by atoms with Gasteiger partial charge in [0.05, 0.1) is 12.3 Å². The van der Waals surface area contributed by atoms with Crippen molar-refractivity contribution in [2.24, 2.45) is 4.99 Å². The van der Waals surface area contributed by atoms with Crippen molar-refractivity contribution in [2.75, 3.05) is 18.1 Å². The van der Waals surface area contributed by atoms with Gasteiger partial charge in [0.2, 0.25) is 5.90 Å². The summed E-state index contributed by atoms with van der Waals surface area (Å²) in [4.78, 5) is 34.8. The second kappa shape index (κ2) is 11.3. The normalized spacial score (nSPS) is 19.2. The fourth-order valence-corrected chi connectivity index (χ4v) is 5.73. The number of benzene rings is 4. The Bertz CT molecular complexity index is 1620. The van der Waals surface area contributed by atoms with E-state index in [9.17, 15) is 9.59 Å². The number of ether oxygens (including phenoxy) is 2. The van der Waals surface area contributed by atoms with Gasteiger partial charge in [-0.1, -0.05) is 70.5 Å². The number of hydrogen-bond donors (Lipinski definition) is 1. The van der Waals surface area contributed by atoms with Crippen LogP contribution in [0.1, 0.15) is 39.6 Å². The van der Waals surface area contributed by atoms with E-state index in [1.54, 1.807) is 30.3 Å². The van der Waals surface area contributed by atoms with E-state index in [-0.39, 0.29) is 13.0 Å². The largest absolute Gasteiger partial charge is 0.494 e. The SMILES string of the molecule is O=C(c1ccccc1)N1C(=O)[C@@]2(Cc3ccccc3Br)N=C(c3ccc(OCCCO)cc3)O[C@H]2c2ccccc21. The van der Waals surface area contributed by atoms with Crippen LogP contribution in [0.15, 0.2) is 113 Å². The zero-order valence-corrected chi connectivity index (χ0v) is 23.7. The van der Waals surface area contributed by atoms with Crippen LogP contribution in [0.2, 0.25) is 0 Å². The van der Waals surface area contributed by atoms with Crippen LogP contribution < -0.4 is 9.64 Å². The third-order valence-electron chi connectivity index (χ3n) is 7.31. The quantitative estimate of drug-likeness (QED) is 0.198. The van der Waals surface area contributed by atoms with Crippen LogP contribution in [-0.4, -0.2) is 41.6 Å². The van der Waals surface area contributed by atoms with Crippen molar-refractivity contribution < 1.29 is 24.2 Å². The molecule has 8 heteroatoms. The Morgan fingerprint density at radius 2 is 1.66 bits per heavy atom. The molecule has 0 fully saturated rings. The van der Waals surface area contributed by atoms with Gasteiger partial charge in [0.15, 0.2) is 11.6 Å². The molecule has 2 amide bonds. The van der Waals surface area contributed by atoms with Gasteiger partial charge in [0.25, 0.3) is 11.8 Å². The summed E-state index contributed by atoms with van der Waals surface area (Å²) >= 11 is 3.63. The summed E-state index contributed by atoms with van der Waals surface area (Å²) in [6.45, 7) is 0.462. The number of para-hydroxylation sites is 1. The van der Waals surface area contributed by atoms with Crippen LogP contribution in [0.4, 0.5) is 5.69 Å². The first-order valence-corrected chi connectivity index (χ1v) is 14.2. The second-order valence-corrected chi connectivity index (χ2v) is 10.8. The molecule has 0 radical (unpaired) electrons. The third kappa shape index (κ3) is 4.94. The molecule has 2 aliphatic heterocycles. The minimum Gasteiger partial charge on any atom is -0.494 e. The number of amides is 2. The number of nitrogens with zero attached hydrogens (tertiary/aromatic N) is 2. The molecule has 2 atom stereocenters. The molecule has 2 heterocycles. The average Bonchev–Trinajstić information content (AvgIpc) is 3.40. The molecular formula is C33H27BrN2O5. The minimum atomic E-state index is -1.42. The molecule has 1 N–H and O–H groups in total. The van der Waals surface area contributed by atoms with E-state index in [1.807, 2.05) is 72.8 Å². The summed E-state index contributed by atoms with van der Waals surface area (Å²) in [5.41, 5.74) is 1.75. The van der Waals surface area contributed by atoms with Gasteiger partial charge in [-0.25, -0.2) is 9.89 Å². The first-order chi connectivity index (χ1) is 20.0. The number of carbonyl (C=O) groups is 2. The lowest BCUT2D eigenvalue weighted by molar-refractivity contribution is -0.126. The number of anilines is 1. The first kappa shape index (κ1) is 26.9. The lowest BCUT2D eigenvalue weighted by Crippen LogP contribution is -2.57. The number of hydrogen-bond acceptors (Lipinski definition) is 6. The number of halogens is 1. The van der Waals surface area contributed by atoms with Gasteiger partial charge >= 0.3 is 0 Å². The van der Waals surface area contributed by atoms with Crippen molar-refractivity contribution in [2.45, 2.75) is 24.5 Å². The highest BCUT2D eigenvalue weighted by molar-refractivity contribution is 9.10. The predicted molar refractivity (Wildman–Crippen MR) is 159 cm³/mol. The predicted octanol–water partition coefficient (Wildman–Crippen LogP) is 5.90. The number of fused-ring (bicyclic) bond motifs is 3. The molecular weight excluding hydrogens is 584 g/mol. The summed E-state index contributed by atoms with van der Waals surface area (Å²) in [5.74, 6) is 0.120. The van der Waals surface area contributed by atoms with Crippen LogP contribution in [0.5, 0.6) is 5.75 Å². The molecule has 0 saturated heterocycles. The Balaban J connectivity index is 1.47. The van der Waals surface area contributed by atoms with Gasteiger partial charge in [0, 0.05) is 40.6 Å². The van der Waals surface area contributed by atoms with Crippen LogP contribution in [0.25, 0.3) is 0 Å². The summed E-state index contributed by atoms with van der Waals surface area (Å²) in [5, 5.41) is 9.02. The highest BCUT2D eigenvalue weighted by atomic mass is 79.9. The smallest absolute Gasteiger partial charge is 0.266 e. The van der Waals surface area contributed by atoms with Crippen molar-refractivity contribution in [3.05, 3.63) is 130 Å². The van der Waals surface area contributed by atoms with E-state index in [2.05, 4.69) is 15.9 Å². The number of rotatable bonds is 8. The first-order valence-electron chi connectivity index (χ1n) is 13.4. The maximum atomic E-state index is 14.7. The number of imide groups is 1. The number of aliphatic imine (C=N–C) groups is 1. The van der Waals surface area contributed by atoms with Crippen molar-refractivity contribution in [3.8, 4) is 5.75 Å². The van der Waals surface area contributed by atoms with Crippen molar-refractivity contribution in [1.29, 1.82) is 0 Å². The molecule has 0 spiro atoms. The summed E-state index contributed by atoms with van der Waals surface area (Å²) < 4.78 is 13.1. The molecule has 7 nitrogen and oxygen atoms in total. The Morgan fingerprint density at radius 3 is 2.41 bits per heavy atom.